The Labute approximate surface area is 123 Å². The number of benzene rings is 1. The maximum atomic E-state index is 10.9. The van der Waals surface area contributed by atoms with Gasteiger partial charge < -0.3 is 10.6 Å². The van der Waals surface area contributed by atoms with E-state index in [1.54, 1.807) is 12.1 Å². The zero-order valence-electron chi connectivity index (χ0n) is 11.8. The highest BCUT2D eigenvalue weighted by atomic mass is 35.5. The third kappa shape index (κ3) is 3.04. The second-order valence-electron chi connectivity index (χ2n) is 5.53. The lowest BCUT2D eigenvalue weighted by atomic mass is 9.90. The molecule has 0 amide bonds. The summed E-state index contributed by atoms with van der Waals surface area (Å²) < 4.78 is 0. The molecule has 0 unspecified atom stereocenters. The van der Waals surface area contributed by atoms with Gasteiger partial charge in [0, 0.05) is 30.9 Å². The summed E-state index contributed by atoms with van der Waals surface area (Å²) in [4.78, 5) is 12.6. The molecule has 1 aromatic rings. The molecule has 20 heavy (non-hydrogen) atoms. The lowest BCUT2D eigenvalue weighted by Crippen LogP contribution is -2.39. The van der Waals surface area contributed by atoms with Gasteiger partial charge in [0.05, 0.1) is 4.92 Å². The highest BCUT2D eigenvalue weighted by Gasteiger charge is 2.24. The van der Waals surface area contributed by atoms with Crippen molar-refractivity contribution in [3.8, 4) is 0 Å². The van der Waals surface area contributed by atoms with Crippen LogP contribution in [0.2, 0.25) is 5.02 Å². The van der Waals surface area contributed by atoms with E-state index >= 15 is 0 Å². The fraction of sp³-hybridized carbons (Fsp3) is 0.571. The van der Waals surface area contributed by atoms with E-state index in [0.29, 0.717) is 12.1 Å². The predicted octanol–water partition coefficient (Wildman–Crippen LogP) is 3.26. The first-order chi connectivity index (χ1) is 9.40. The van der Waals surface area contributed by atoms with E-state index in [9.17, 15) is 10.1 Å². The molecule has 0 radical (unpaired) electrons. The normalized spacial score (nSPS) is 22.6. The number of anilines is 1. The molecule has 0 atom stereocenters. The largest absolute Gasteiger partial charge is 0.371 e. The van der Waals surface area contributed by atoms with E-state index in [-0.39, 0.29) is 10.7 Å². The number of nitro groups is 1. The number of nitrogens with zero attached hydrogens (tertiary/aromatic N) is 2. The van der Waals surface area contributed by atoms with E-state index in [4.69, 9.17) is 17.3 Å². The van der Waals surface area contributed by atoms with Crippen LogP contribution in [0.15, 0.2) is 12.1 Å². The summed E-state index contributed by atoms with van der Waals surface area (Å²) in [6.07, 6.45) is 4.14. The number of nitro benzene ring substituents is 1. The van der Waals surface area contributed by atoms with Gasteiger partial charge in [-0.15, -0.1) is 0 Å². The van der Waals surface area contributed by atoms with Crippen LogP contribution in [0, 0.1) is 17.0 Å². The Balaban J connectivity index is 2.24. The van der Waals surface area contributed by atoms with Crippen LogP contribution in [-0.4, -0.2) is 24.1 Å². The van der Waals surface area contributed by atoms with Crippen LogP contribution in [0.1, 0.15) is 31.2 Å². The maximum Gasteiger partial charge on any atom is 0.288 e. The molecule has 6 heteroatoms. The summed E-state index contributed by atoms with van der Waals surface area (Å²) in [5, 5.41) is 11.1. The molecule has 0 spiro atoms. The fourth-order valence-electron chi connectivity index (χ4n) is 2.86. The van der Waals surface area contributed by atoms with Crippen molar-refractivity contribution in [2.45, 2.75) is 44.7 Å². The quantitative estimate of drug-likeness (QED) is 0.686. The number of aryl methyl sites for hydroxylation is 1. The SMILES string of the molecule is Cc1cc([N+](=O)[O-])c(Cl)cc1N(C)C1CCC(N)CC1. The second-order valence-corrected chi connectivity index (χ2v) is 5.93. The van der Waals surface area contributed by atoms with Crippen molar-refractivity contribution in [2.75, 3.05) is 11.9 Å². The molecule has 0 saturated heterocycles. The number of hydrogen-bond acceptors (Lipinski definition) is 4. The van der Waals surface area contributed by atoms with Crippen LogP contribution in [0.25, 0.3) is 0 Å². The van der Waals surface area contributed by atoms with Gasteiger partial charge in [-0.05, 0) is 44.2 Å². The zero-order chi connectivity index (χ0) is 14.9. The molecule has 1 saturated carbocycles. The van der Waals surface area contributed by atoms with Crippen LogP contribution in [0.4, 0.5) is 11.4 Å². The number of nitrogens with two attached hydrogens (primary N) is 1. The van der Waals surface area contributed by atoms with Crippen molar-refractivity contribution in [2.24, 2.45) is 5.73 Å². The Morgan fingerprint density at radius 2 is 1.95 bits per heavy atom. The minimum atomic E-state index is -0.446. The Kier molecular flexibility index (Phi) is 4.50. The fourth-order valence-corrected chi connectivity index (χ4v) is 3.09. The van der Waals surface area contributed by atoms with E-state index in [1.165, 1.54) is 0 Å². The molecule has 1 aliphatic rings. The zero-order valence-corrected chi connectivity index (χ0v) is 12.6. The molecule has 0 aliphatic heterocycles. The maximum absolute atomic E-state index is 10.9. The molecule has 2 N–H and O–H groups in total. The lowest BCUT2D eigenvalue weighted by Gasteiger charge is -2.35. The van der Waals surface area contributed by atoms with Gasteiger partial charge in [-0.1, -0.05) is 11.6 Å². The lowest BCUT2D eigenvalue weighted by molar-refractivity contribution is -0.384. The summed E-state index contributed by atoms with van der Waals surface area (Å²) in [6.45, 7) is 1.88. The third-order valence-corrected chi connectivity index (χ3v) is 4.43. The van der Waals surface area contributed by atoms with Gasteiger partial charge in [0.2, 0.25) is 0 Å². The number of rotatable bonds is 3. The summed E-state index contributed by atoms with van der Waals surface area (Å²) >= 11 is 6.01. The molecular weight excluding hydrogens is 278 g/mol. The topological polar surface area (TPSA) is 72.4 Å². The first-order valence-corrected chi connectivity index (χ1v) is 7.21. The Morgan fingerprint density at radius 3 is 2.50 bits per heavy atom. The molecule has 0 bridgehead atoms. The standard InChI is InChI=1S/C14H20ClN3O2/c1-9-7-14(18(19)20)12(15)8-13(9)17(2)11-5-3-10(16)4-6-11/h7-8,10-11H,3-6,16H2,1-2H3. The van der Waals surface area contributed by atoms with Gasteiger partial charge in [0.1, 0.15) is 5.02 Å². The Bertz CT molecular complexity index is 513. The average Bonchev–Trinajstić information content (AvgIpc) is 2.40. The minimum absolute atomic E-state index is 0.0352. The van der Waals surface area contributed by atoms with Crippen molar-refractivity contribution in [1.82, 2.24) is 0 Å². The molecule has 1 fully saturated rings. The first kappa shape index (κ1) is 15.1. The molecule has 110 valence electrons. The predicted molar refractivity (Wildman–Crippen MR) is 81.5 cm³/mol. The average molecular weight is 298 g/mol. The molecule has 0 heterocycles. The summed E-state index contributed by atoms with van der Waals surface area (Å²) in [5.74, 6) is 0. The highest BCUT2D eigenvalue weighted by Crippen LogP contribution is 2.34. The van der Waals surface area contributed by atoms with Crippen molar-refractivity contribution in [3.63, 3.8) is 0 Å². The highest BCUT2D eigenvalue weighted by molar-refractivity contribution is 6.33. The third-order valence-electron chi connectivity index (χ3n) is 4.13. The van der Waals surface area contributed by atoms with Gasteiger partial charge >= 0.3 is 0 Å². The number of hydrogen-bond donors (Lipinski definition) is 1. The molecule has 5 nitrogen and oxygen atoms in total. The van der Waals surface area contributed by atoms with Crippen LogP contribution < -0.4 is 10.6 Å². The molecule has 1 aliphatic carbocycles. The van der Waals surface area contributed by atoms with Crippen LogP contribution >= 0.6 is 11.6 Å². The number of halogens is 1. The van der Waals surface area contributed by atoms with Gasteiger partial charge in [-0.25, -0.2) is 0 Å². The Morgan fingerprint density at radius 1 is 1.35 bits per heavy atom. The first-order valence-electron chi connectivity index (χ1n) is 6.83. The second kappa shape index (κ2) is 5.97. The molecule has 1 aromatic carbocycles. The van der Waals surface area contributed by atoms with E-state index < -0.39 is 4.92 Å². The molecule has 2 rings (SSSR count). The van der Waals surface area contributed by atoms with Crippen molar-refractivity contribution < 1.29 is 4.92 Å². The van der Waals surface area contributed by atoms with Crippen LogP contribution in [0.3, 0.4) is 0 Å². The van der Waals surface area contributed by atoms with Gasteiger partial charge in [0.15, 0.2) is 0 Å². The summed E-state index contributed by atoms with van der Waals surface area (Å²) in [7, 11) is 2.02. The minimum Gasteiger partial charge on any atom is -0.371 e. The monoisotopic (exact) mass is 297 g/mol. The summed E-state index contributed by atoms with van der Waals surface area (Å²) in [6, 6.07) is 3.97. The van der Waals surface area contributed by atoms with Gasteiger partial charge in [-0.3, -0.25) is 10.1 Å². The summed E-state index contributed by atoms with van der Waals surface area (Å²) in [5.41, 5.74) is 7.73. The van der Waals surface area contributed by atoms with E-state index in [2.05, 4.69) is 4.90 Å². The van der Waals surface area contributed by atoms with Gasteiger partial charge in [0.25, 0.3) is 5.69 Å². The van der Waals surface area contributed by atoms with Crippen molar-refractivity contribution >= 4 is 23.0 Å². The van der Waals surface area contributed by atoms with Gasteiger partial charge in [-0.2, -0.15) is 0 Å². The Hall–Kier alpha value is -1.33. The van der Waals surface area contributed by atoms with Crippen LogP contribution in [-0.2, 0) is 0 Å². The van der Waals surface area contributed by atoms with E-state index in [0.717, 1.165) is 36.9 Å². The van der Waals surface area contributed by atoms with E-state index in [1.807, 2.05) is 14.0 Å². The van der Waals surface area contributed by atoms with Crippen LogP contribution in [0.5, 0.6) is 0 Å². The molecule has 0 aromatic heterocycles. The van der Waals surface area contributed by atoms with Crippen molar-refractivity contribution in [3.05, 3.63) is 32.8 Å². The van der Waals surface area contributed by atoms with Crippen molar-refractivity contribution in [1.29, 1.82) is 0 Å². The smallest absolute Gasteiger partial charge is 0.288 e. The molecular formula is C14H20ClN3O2.